The van der Waals surface area contributed by atoms with Gasteiger partial charge >= 0.3 is 0 Å². The summed E-state index contributed by atoms with van der Waals surface area (Å²) in [6.45, 7) is 8.51. The van der Waals surface area contributed by atoms with E-state index in [2.05, 4.69) is 24.1 Å². The highest BCUT2D eigenvalue weighted by atomic mass is 15.2. The third kappa shape index (κ3) is 5.90. The summed E-state index contributed by atoms with van der Waals surface area (Å²) in [6, 6.07) is 1.52. The van der Waals surface area contributed by atoms with Gasteiger partial charge in [-0.25, -0.2) is 0 Å². The largest absolute Gasteiger partial charge is 0.311 e. The molecule has 0 bridgehead atoms. The number of hydrogen-bond acceptors (Lipinski definition) is 2. The van der Waals surface area contributed by atoms with Crippen molar-refractivity contribution in [1.29, 1.82) is 0 Å². The fraction of sp³-hybridized carbons (Fsp3) is 1.00. The van der Waals surface area contributed by atoms with Crippen molar-refractivity contribution < 1.29 is 0 Å². The van der Waals surface area contributed by atoms with E-state index in [9.17, 15) is 0 Å². The van der Waals surface area contributed by atoms with E-state index in [-0.39, 0.29) is 0 Å². The predicted octanol–water partition coefficient (Wildman–Crippen LogP) is 4.59. The standard InChI is InChI=1S/C19H38N2/c1-3-4-5-6-7-11-14-21-16-17(2)20-15-19(21)18-12-9-8-10-13-18/h17-20H,3-16H2,1-2H3. The van der Waals surface area contributed by atoms with Crippen LogP contribution in [0.4, 0.5) is 0 Å². The molecule has 1 N–H and O–H groups in total. The Bertz CT molecular complexity index is 260. The second-order valence-electron chi connectivity index (χ2n) is 7.54. The van der Waals surface area contributed by atoms with Crippen LogP contribution in [-0.2, 0) is 0 Å². The zero-order valence-electron chi connectivity index (χ0n) is 14.6. The van der Waals surface area contributed by atoms with Crippen LogP contribution in [0.3, 0.4) is 0 Å². The molecule has 0 aromatic rings. The van der Waals surface area contributed by atoms with Gasteiger partial charge in [0.05, 0.1) is 0 Å². The maximum Gasteiger partial charge on any atom is 0.0249 e. The van der Waals surface area contributed by atoms with Crippen LogP contribution in [0.15, 0.2) is 0 Å². The van der Waals surface area contributed by atoms with Gasteiger partial charge in [-0.2, -0.15) is 0 Å². The molecule has 1 heterocycles. The molecule has 0 radical (unpaired) electrons. The van der Waals surface area contributed by atoms with Gasteiger partial charge in [0.25, 0.3) is 0 Å². The number of nitrogens with one attached hydrogen (secondary N) is 1. The van der Waals surface area contributed by atoms with E-state index < -0.39 is 0 Å². The summed E-state index contributed by atoms with van der Waals surface area (Å²) < 4.78 is 0. The smallest absolute Gasteiger partial charge is 0.0249 e. The topological polar surface area (TPSA) is 15.3 Å². The highest BCUT2D eigenvalue weighted by Gasteiger charge is 2.32. The molecule has 2 fully saturated rings. The Morgan fingerprint density at radius 1 is 0.952 bits per heavy atom. The molecule has 2 aliphatic rings. The van der Waals surface area contributed by atoms with Gasteiger partial charge < -0.3 is 5.32 Å². The maximum atomic E-state index is 3.74. The molecule has 0 amide bonds. The number of rotatable bonds is 8. The zero-order valence-corrected chi connectivity index (χ0v) is 14.6. The van der Waals surface area contributed by atoms with E-state index in [0.717, 1.165) is 12.0 Å². The molecule has 2 atom stereocenters. The lowest BCUT2D eigenvalue weighted by Gasteiger charge is -2.44. The molecule has 2 heteroatoms. The van der Waals surface area contributed by atoms with E-state index in [1.165, 1.54) is 90.3 Å². The molecule has 1 saturated carbocycles. The number of nitrogens with zero attached hydrogens (tertiary/aromatic N) is 1. The Morgan fingerprint density at radius 2 is 1.67 bits per heavy atom. The van der Waals surface area contributed by atoms with Crippen LogP contribution in [0.25, 0.3) is 0 Å². The average molecular weight is 295 g/mol. The van der Waals surface area contributed by atoms with Crippen LogP contribution in [0.5, 0.6) is 0 Å². The Balaban J connectivity index is 1.72. The second kappa shape index (κ2) is 9.84. The predicted molar refractivity (Wildman–Crippen MR) is 92.8 cm³/mol. The van der Waals surface area contributed by atoms with E-state index in [1.54, 1.807) is 0 Å². The first-order valence-corrected chi connectivity index (χ1v) is 9.78. The highest BCUT2D eigenvalue weighted by Crippen LogP contribution is 2.30. The first-order chi connectivity index (χ1) is 10.3. The molecule has 0 aromatic carbocycles. The molecular formula is C19H38N2. The SMILES string of the molecule is CCCCCCCCN1CC(C)NCC1C1CCCCC1. The van der Waals surface area contributed by atoms with Crippen molar-refractivity contribution in [2.24, 2.45) is 5.92 Å². The van der Waals surface area contributed by atoms with Crippen molar-refractivity contribution in [3.8, 4) is 0 Å². The van der Waals surface area contributed by atoms with Crippen LogP contribution in [0.1, 0.15) is 84.5 Å². The van der Waals surface area contributed by atoms with Gasteiger partial charge in [-0.15, -0.1) is 0 Å². The molecule has 1 aliphatic heterocycles. The Labute approximate surface area is 133 Å². The Hall–Kier alpha value is -0.0800. The van der Waals surface area contributed by atoms with Crippen LogP contribution in [0.2, 0.25) is 0 Å². The summed E-state index contributed by atoms with van der Waals surface area (Å²) >= 11 is 0. The monoisotopic (exact) mass is 294 g/mol. The van der Waals surface area contributed by atoms with Crippen LogP contribution >= 0.6 is 0 Å². The molecule has 21 heavy (non-hydrogen) atoms. The summed E-state index contributed by atoms with van der Waals surface area (Å²) in [6.07, 6.45) is 15.9. The summed E-state index contributed by atoms with van der Waals surface area (Å²) in [4.78, 5) is 2.84. The fourth-order valence-electron chi connectivity index (χ4n) is 4.34. The number of piperazine rings is 1. The molecule has 2 nitrogen and oxygen atoms in total. The minimum Gasteiger partial charge on any atom is -0.311 e. The Kier molecular flexibility index (Phi) is 8.10. The molecule has 2 rings (SSSR count). The van der Waals surface area contributed by atoms with Gasteiger partial charge in [-0.3, -0.25) is 4.90 Å². The van der Waals surface area contributed by atoms with Gasteiger partial charge in [0.2, 0.25) is 0 Å². The van der Waals surface area contributed by atoms with E-state index in [4.69, 9.17) is 0 Å². The molecule has 1 aliphatic carbocycles. The molecule has 2 unspecified atom stereocenters. The van der Waals surface area contributed by atoms with Gasteiger partial charge in [-0.05, 0) is 38.6 Å². The Morgan fingerprint density at radius 3 is 2.43 bits per heavy atom. The van der Waals surface area contributed by atoms with Crippen molar-refractivity contribution >= 4 is 0 Å². The number of hydrogen-bond donors (Lipinski definition) is 1. The lowest BCUT2D eigenvalue weighted by Crippen LogP contribution is -2.58. The summed E-state index contributed by atoms with van der Waals surface area (Å²) in [7, 11) is 0. The van der Waals surface area contributed by atoms with E-state index in [0.29, 0.717) is 6.04 Å². The molecule has 0 spiro atoms. The molecule has 124 valence electrons. The summed E-state index contributed by atoms with van der Waals surface area (Å²) in [5.74, 6) is 0.971. The molecule has 0 aromatic heterocycles. The van der Waals surface area contributed by atoms with Crippen molar-refractivity contribution in [1.82, 2.24) is 10.2 Å². The second-order valence-corrected chi connectivity index (χ2v) is 7.54. The van der Waals surface area contributed by atoms with Crippen molar-refractivity contribution in [2.75, 3.05) is 19.6 Å². The van der Waals surface area contributed by atoms with Gasteiger partial charge in [0.15, 0.2) is 0 Å². The van der Waals surface area contributed by atoms with Gasteiger partial charge in [0, 0.05) is 25.2 Å². The lowest BCUT2D eigenvalue weighted by atomic mass is 9.82. The van der Waals surface area contributed by atoms with E-state index in [1.807, 2.05) is 0 Å². The summed E-state index contributed by atoms with van der Waals surface area (Å²) in [5, 5.41) is 3.74. The fourth-order valence-corrected chi connectivity index (χ4v) is 4.34. The first-order valence-electron chi connectivity index (χ1n) is 9.78. The number of unbranched alkanes of at least 4 members (excludes halogenated alkanes) is 5. The van der Waals surface area contributed by atoms with Crippen LogP contribution in [0, 0.1) is 5.92 Å². The van der Waals surface area contributed by atoms with Crippen molar-refractivity contribution in [3.05, 3.63) is 0 Å². The quantitative estimate of drug-likeness (QED) is 0.659. The normalized spacial score (nSPS) is 28.9. The first kappa shape index (κ1) is 17.3. The third-order valence-corrected chi connectivity index (χ3v) is 5.65. The summed E-state index contributed by atoms with van der Waals surface area (Å²) in [5.41, 5.74) is 0. The van der Waals surface area contributed by atoms with Crippen molar-refractivity contribution in [2.45, 2.75) is 96.6 Å². The highest BCUT2D eigenvalue weighted by molar-refractivity contribution is 4.89. The molecular weight excluding hydrogens is 256 g/mol. The zero-order chi connectivity index (χ0) is 14.9. The van der Waals surface area contributed by atoms with Crippen LogP contribution < -0.4 is 5.32 Å². The van der Waals surface area contributed by atoms with Gasteiger partial charge in [-0.1, -0.05) is 58.3 Å². The lowest BCUT2D eigenvalue weighted by molar-refractivity contribution is 0.0737. The average Bonchev–Trinajstić information content (AvgIpc) is 2.52. The maximum absolute atomic E-state index is 3.74. The molecule has 1 saturated heterocycles. The van der Waals surface area contributed by atoms with E-state index >= 15 is 0 Å². The third-order valence-electron chi connectivity index (χ3n) is 5.65. The van der Waals surface area contributed by atoms with Crippen LogP contribution in [-0.4, -0.2) is 36.6 Å². The van der Waals surface area contributed by atoms with Gasteiger partial charge in [0.1, 0.15) is 0 Å². The minimum atomic E-state index is 0.685. The minimum absolute atomic E-state index is 0.685. The van der Waals surface area contributed by atoms with Crippen molar-refractivity contribution in [3.63, 3.8) is 0 Å².